The van der Waals surface area contributed by atoms with Gasteiger partial charge in [-0.3, -0.25) is 4.79 Å². The second kappa shape index (κ2) is 4.76. The summed E-state index contributed by atoms with van der Waals surface area (Å²) in [4.78, 5) is 12.1. The zero-order chi connectivity index (χ0) is 13.5. The SMILES string of the molecule is O=C(NCc1cccc(Cl)c1F)[C@H]1NCCC12CC2. The van der Waals surface area contributed by atoms with Crippen molar-refractivity contribution in [2.24, 2.45) is 5.41 Å². The molecule has 102 valence electrons. The predicted molar refractivity (Wildman–Crippen MR) is 71.3 cm³/mol. The van der Waals surface area contributed by atoms with Crippen molar-refractivity contribution in [2.45, 2.75) is 31.8 Å². The first-order valence-electron chi connectivity index (χ1n) is 6.56. The van der Waals surface area contributed by atoms with E-state index < -0.39 is 5.82 Å². The monoisotopic (exact) mass is 282 g/mol. The molecule has 2 N–H and O–H groups in total. The summed E-state index contributed by atoms with van der Waals surface area (Å²) >= 11 is 5.71. The van der Waals surface area contributed by atoms with E-state index in [1.807, 2.05) is 0 Å². The highest BCUT2D eigenvalue weighted by Gasteiger charge is 2.54. The fourth-order valence-corrected chi connectivity index (χ4v) is 3.06. The molecule has 2 aliphatic rings. The maximum absolute atomic E-state index is 13.7. The van der Waals surface area contributed by atoms with Crippen LogP contribution in [0.1, 0.15) is 24.8 Å². The topological polar surface area (TPSA) is 41.1 Å². The molecule has 1 atom stereocenters. The van der Waals surface area contributed by atoms with Gasteiger partial charge < -0.3 is 10.6 Å². The number of hydrogen-bond acceptors (Lipinski definition) is 2. The Kier molecular flexibility index (Phi) is 3.23. The van der Waals surface area contributed by atoms with Crippen molar-refractivity contribution in [3.8, 4) is 0 Å². The predicted octanol–water partition coefficient (Wildman–Crippen LogP) is 2.24. The van der Waals surface area contributed by atoms with Crippen LogP contribution in [-0.4, -0.2) is 18.5 Å². The van der Waals surface area contributed by atoms with E-state index in [2.05, 4.69) is 10.6 Å². The normalized spacial score (nSPS) is 23.6. The molecule has 1 aliphatic heterocycles. The number of halogens is 2. The van der Waals surface area contributed by atoms with E-state index in [0.29, 0.717) is 5.56 Å². The van der Waals surface area contributed by atoms with Gasteiger partial charge in [-0.25, -0.2) is 4.39 Å². The lowest BCUT2D eigenvalue weighted by Crippen LogP contribution is -2.44. The minimum Gasteiger partial charge on any atom is -0.351 e. The van der Waals surface area contributed by atoms with Crippen molar-refractivity contribution < 1.29 is 9.18 Å². The highest BCUT2D eigenvalue weighted by Crippen LogP contribution is 2.54. The molecule has 0 unspecified atom stereocenters. The lowest BCUT2D eigenvalue weighted by molar-refractivity contribution is -0.124. The van der Waals surface area contributed by atoms with Gasteiger partial charge in [0.25, 0.3) is 0 Å². The third-order valence-corrected chi connectivity index (χ3v) is 4.51. The van der Waals surface area contributed by atoms with Crippen molar-refractivity contribution >= 4 is 17.5 Å². The largest absolute Gasteiger partial charge is 0.351 e. The van der Waals surface area contributed by atoms with Crippen LogP contribution in [0.25, 0.3) is 0 Å². The summed E-state index contributed by atoms with van der Waals surface area (Å²) in [7, 11) is 0. The Morgan fingerprint density at radius 3 is 3.00 bits per heavy atom. The van der Waals surface area contributed by atoms with Crippen LogP contribution >= 0.6 is 11.6 Å². The quantitative estimate of drug-likeness (QED) is 0.893. The third-order valence-electron chi connectivity index (χ3n) is 4.22. The number of nitrogens with one attached hydrogen (secondary N) is 2. The van der Waals surface area contributed by atoms with Gasteiger partial charge in [0.05, 0.1) is 11.1 Å². The number of rotatable bonds is 3. The molecule has 1 amide bonds. The average molecular weight is 283 g/mol. The molecule has 1 saturated carbocycles. The Balaban J connectivity index is 1.63. The Morgan fingerprint density at radius 1 is 1.47 bits per heavy atom. The molecule has 3 nitrogen and oxygen atoms in total. The molecule has 1 aromatic carbocycles. The number of carbonyl (C=O) groups is 1. The molecule has 1 aliphatic carbocycles. The Bertz CT molecular complexity index is 516. The first-order chi connectivity index (χ1) is 9.12. The highest BCUT2D eigenvalue weighted by atomic mass is 35.5. The molecule has 1 spiro atoms. The van der Waals surface area contributed by atoms with E-state index in [0.717, 1.165) is 25.8 Å². The number of hydrogen-bond donors (Lipinski definition) is 2. The van der Waals surface area contributed by atoms with Gasteiger partial charge in [0.15, 0.2) is 0 Å². The van der Waals surface area contributed by atoms with E-state index >= 15 is 0 Å². The second-order valence-corrected chi connectivity index (χ2v) is 5.84. The number of carbonyl (C=O) groups excluding carboxylic acids is 1. The maximum Gasteiger partial charge on any atom is 0.237 e. The zero-order valence-corrected chi connectivity index (χ0v) is 11.3. The Labute approximate surface area is 116 Å². The van der Waals surface area contributed by atoms with Crippen LogP contribution in [0.4, 0.5) is 4.39 Å². The summed E-state index contributed by atoms with van der Waals surface area (Å²) in [5.41, 5.74) is 0.598. The number of benzene rings is 1. The summed E-state index contributed by atoms with van der Waals surface area (Å²) in [5, 5.41) is 6.13. The van der Waals surface area contributed by atoms with E-state index in [9.17, 15) is 9.18 Å². The van der Waals surface area contributed by atoms with E-state index in [-0.39, 0.29) is 28.9 Å². The first-order valence-corrected chi connectivity index (χ1v) is 6.94. The third kappa shape index (κ3) is 2.35. The smallest absolute Gasteiger partial charge is 0.237 e. The van der Waals surface area contributed by atoms with Crippen molar-refractivity contribution in [1.82, 2.24) is 10.6 Å². The van der Waals surface area contributed by atoms with Crippen molar-refractivity contribution in [3.05, 3.63) is 34.6 Å². The summed E-state index contributed by atoms with van der Waals surface area (Å²) in [6.45, 7) is 1.07. The summed E-state index contributed by atoms with van der Waals surface area (Å²) < 4.78 is 13.7. The molecule has 5 heteroatoms. The van der Waals surface area contributed by atoms with Gasteiger partial charge in [-0.15, -0.1) is 0 Å². The van der Waals surface area contributed by atoms with Crippen LogP contribution in [0.3, 0.4) is 0 Å². The molecular formula is C14H16ClFN2O. The molecule has 1 heterocycles. The Morgan fingerprint density at radius 2 is 2.26 bits per heavy atom. The summed E-state index contributed by atoms with van der Waals surface area (Å²) in [6, 6.07) is 4.70. The fraction of sp³-hybridized carbons (Fsp3) is 0.500. The van der Waals surface area contributed by atoms with E-state index in [1.54, 1.807) is 12.1 Å². The van der Waals surface area contributed by atoms with Crippen LogP contribution in [-0.2, 0) is 11.3 Å². The van der Waals surface area contributed by atoms with Crippen molar-refractivity contribution in [1.29, 1.82) is 0 Å². The van der Waals surface area contributed by atoms with Crippen LogP contribution in [0.2, 0.25) is 5.02 Å². The van der Waals surface area contributed by atoms with Crippen molar-refractivity contribution in [3.63, 3.8) is 0 Å². The minimum atomic E-state index is -0.454. The summed E-state index contributed by atoms with van der Waals surface area (Å²) in [6.07, 6.45) is 3.30. The van der Waals surface area contributed by atoms with Gasteiger partial charge in [0, 0.05) is 12.1 Å². The van der Waals surface area contributed by atoms with Gasteiger partial charge in [-0.1, -0.05) is 23.7 Å². The first kappa shape index (κ1) is 12.9. The molecule has 1 aromatic rings. The average Bonchev–Trinajstić information content (AvgIpc) is 3.03. The molecule has 0 radical (unpaired) electrons. The lowest BCUT2D eigenvalue weighted by atomic mass is 9.97. The molecule has 0 aromatic heterocycles. The highest BCUT2D eigenvalue weighted by molar-refractivity contribution is 6.30. The minimum absolute atomic E-state index is 0.0330. The maximum atomic E-state index is 13.7. The molecule has 3 rings (SSSR count). The second-order valence-electron chi connectivity index (χ2n) is 5.43. The van der Waals surface area contributed by atoms with E-state index in [1.165, 1.54) is 6.07 Å². The number of amides is 1. The lowest BCUT2D eigenvalue weighted by Gasteiger charge is -2.18. The molecular weight excluding hydrogens is 267 g/mol. The molecule has 1 saturated heterocycles. The fourth-order valence-electron chi connectivity index (χ4n) is 2.87. The van der Waals surface area contributed by atoms with Gasteiger partial charge in [-0.05, 0) is 37.3 Å². The standard InChI is InChI=1S/C14H16ClFN2O/c15-10-3-1-2-9(11(10)16)8-18-13(19)12-14(4-5-14)6-7-17-12/h1-3,12,17H,4-8H2,(H,18,19)/t12-/m1/s1. The van der Waals surface area contributed by atoms with Crippen molar-refractivity contribution in [2.75, 3.05) is 6.54 Å². The van der Waals surface area contributed by atoms with Crippen LogP contribution in [0.15, 0.2) is 18.2 Å². The van der Waals surface area contributed by atoms with Gasteiger partial charge >= 0.3 is 0 Å². The van der Waals surface area contributed by atoms with Crippen LogP contribution in [0, 0.1) is 11.2 Å². The molecule has 19 heavy (non-hydrogen) atoms. The van der Waals surface area contributed by atoms with Gasteiger partial charge in [0.1, 0.15) is 5.82 Å². The Hall–Kier alpha value is -1.13. The van der Waals surface area contributed by atoms with Crippen LogP contribution in [0.5, 0.6) is 0 Å². The van der Waals surface area contributed by atoms with Gasteiger partial charge in [0.2, 0.25) is 5.91 Å². The summed E-state index contributed by atoms with van der Waals surface area (Å²) in [5.74, 6) is -0.487. The molecule has 0 bridgehead atoms. The zero-order valence-electron chi connectivity index (χ0n) is 10.5. The van der Waals surface area contributed by atoms with Crippen LogP contribution < -0.4 is 10.6 Å². The molecule has 2 fully saturated rings. The van der Waals surface area contributed by atoms with Gasteiger partial charge in [-0.2, -0.15) is 0 Å². The van der Waals surface area contributed by atoms with E-state index in [4.69, 9.17) is 11.6 Å².